The Kier molecular flexibility index (Phi) is 5.86. The lowest BCUT2D eigenvalue weighted by Crippen LogP contribution is -2.37. The number of fused-ring (bicyclic) bond motifs is 1. The van der Waals surface area contributed by atoms with Gasteiger partial charge in [0.05, 0.1) is 23.1 Å². The van der Waals surface area contributed by atoms with E-state index in [1.807, 2.05) is 0 Å². The SMILES string of the molecule is NCc1nc2c(-c3ccc(S(=O)(=O)N[C@@H]4CCNC4)c(S(N)(=O)=O)c3-c3nn[nH]n3)cccc2[nH]1. The largest absolute Gasteiger partial charge is 0.341 e. The number of rotatable bonds is 7. The smallest absolute Gasteiger partial charge is 0.242 e. The Balaban J connectivity index is 1.82. The Morgan fingerprint density at radius 2 is 1.94 bits per heavy atom. The molecule has 14 nitrogen and oxygen atoms in total. The Hall–Kier alpha value is -3.28. The number of nitrogens with one attached hydrogen (secondary N) is 4. The highest BCUT2D eigenvalue weighted by atomic mass is 32.2. The van der Waals surface area contributed by atoms with Gasteiger partial charge in [-0.3, -0.25) is 0 Å². The van der Waals surface area contributed by atoms with Crippen molar-refractivity contribution in [3.8, 4) is 22.5 Å². The third-order valence-electron chi connectivity index (χ3n) is 5.69. The fourth-order valence-electron chi connectivity index (χ4n) is 4.21. The van der Waals surface area contributed by atoms with Gasteiger partial charge in [-0.25, -0.2) is 31.7 Å². The number of aromatic amines is 2. The molecule has 1 aliphatic rings. The highest BCUT2D eigenvalue weighted by Gasteiger charge is 2.34. The minimum Gasteiger partial charge on any atom is -0.341 e. The molecule has 0 spiro atoms. The van der Waals surface area contributed by atoms with E-state index in [1.165, 1.54) is 12.1 Å². The van der Waals surface area contributed by atoms with Gasteiger partial charge in [0.2, 0.25) is 25.9 Å². The number of H-pyrrole nitrogens is 2. The zero-order valence-corrected chi connectivity index (χ0v) is 19.8. The molecule has 184 valence electrons. The van der Waals surface area contributed by atoms with Gasteiger partial charge in [-0.2, -0.15) is 5.21 Å². The van der Waals surface area contributed by atoms with Crippen LogP contribution in [0.15, 0.2) is 40.1 Å². The number of sulfonamides is 2. The predicted molar refractivity (Wildman–Crippen MR) is 126 cm³/mol. The molecule has 0 saturated carbocycles. The maximum Gasteiger partial charge on any atom is 0.242 e. The standard InChI is InChI=1S/C19H22N10O4S2/c20-8-15-23-13-3-1-2-12(17(13)24-15)11-4-5-14(35(32,33)27-10-6-7-22-9-10)18(34(21,30)31)16(11)19-25-28-29-26-19/h1-5,10,22,27H,6-9,20H2,(H,23,24)(H2,21,30,31)(H,25,26,28,29)/t10-/m1/s1. The summed E-state index contributed by atoms with van der Waals surface area (Å²) >= 11 is 0. The van der Waals surface area contributed by atoms with Crippen LogP contribution in [0.1, 0.15) is 12.2 Å². The summed E-state index contributed by atoms with van der Waals surface area (Å²) in [5, 5.41) is 22.3. The topological polar surface area (TPSA) is 228 Å². The van der Waals surface area contributed by atoms with E-state index >= 15 is 0 Å². The van der Waals surface area contributed by atoms with Crippen molar-refractivity contribution in [1.82, 2.24) is 40.6 Å². The number of primary sulfonamides is 1. The van der Waals surface area contributed by atoms with E-state index in [0.29, 0.717) is 47.5 Å². The third-order valence-corrected chi connectivity index (χ3v) is 8.38. The number of tetrazole rings is 1. The number of para-hydroxylation sites is 1. The van der Waals surface area contributed by atoms with Gasteiger partial charge in [0.15, 0.2) is 0 Å². The van der Waals surface area contributed by atoms with Crippen molar-refractivity contribution in [2.75, 3.05) is 13.1 Å². The average Bonchev–Trinajstić information content (AvgIpc) is 3.58. The highest BCUT2D eigenvalue weighted by Crippen LogP contribution is 2.40. The molecule has 0 amide bonds. The first-order chi connectivity index (χ1) is 16.7. The molecule has 3 heterocycles. The molecule has 1 atom stereocenters. The van der Waals surface area contributed by atoms with Crippen molar-refractivity contribution in [2.45, 2.75) is 28.8 Å². The molecule has 5 rings (SSSR count). The maximum absolute atomic E-state index is 13.3. The average molecular weight is 519 g/mol. The first kappa shape index (κ1) is 23.5. The van der Waals surface area contributed by atoms with Crippen LogP contribution in [-0.4, -0.2) is 66.6 Å². The molecule has 0 aliphatic carbocycles. The fourth-order valence-corrected chi connectivity index (χ4v) is 7.08. The second-order valence-corrected chi connectivity index (χ2v) is 11.2. The van der Waals surface area contributed by atoms with E-state index in [0.717, 1.165) is 0 Å². The normalized spacial score (nSPS) is 16.8. The number of aromatic nitrogens is 6. The lowest BCUT2D eigenvalue weighted by atomic mass is 9.98. The zero-order valence-electron chi connectivity index (χ0n) is 18.2. The monoisotopic (exact) mass is 518 g/mol. The molecule has 8 N–H and O–H groups in total. The summed E-state index contributed by atoms with van der Waals surface area (Å²) in [6, 6.07) is 7.54. The summed E-state index contributed by atoms with van der Waals surface area (Å²) in [7, 11) is -8.88. The van der Waals surface area contributed by atoms with Gasteiger partial charge in [-0.15, -0.1) is 10.2 Å². The van der Waals surface area contributed by atoms with Crippen LogP contribution in [0.3, 0.4) is 0 Å². The summed E-state index contributed by atoms with van der Waals surface area (Å²) in [4.78, 5) is 6.44. The molecule has 0 unspecified atom stereocenters. The van der Waals surface area contributed by atoms with Crippen LogP contribution < -0.4 is 20.9 Å². The van der Waals surface area contributed by atoms with Crippen molar-refractivity contribution in [3.63, 3.8) is 0 Å². The van der Waals surface area contributed by atoms with E-state index in [-0.39, 0.29) is 17.9 Å². The van der Waals surface area contributed by atoms with E-state index in [4.69, 9.17) is 10.9 Å². The van der Waals surface area contributed by atoms with Crippen LogP contribution in [0.2, 0.25) is 0 Å². The van der Waals surface area contributed by atoms with Gasteiger partial charge >= 0.3 is 0 Å². The van der Waals surface area contributed by atoms with E-state index in [2.05, 4.69) is 40.6 Å². The van der Waals surface area contributed by atoms with Gasteiger partial charge in [0.1, 0.15) is 15.6 Å². The van der Waals surface area contributed by atoms with Crippen molar-refractivity contribution >= 4 is 31.1 Å². The quantitative estimate of drug-likeness (QED) is 0.178. The first-order valence-electron chi connectivity index (χ1n) is 10.5. The molecule has 0 bridgehead atoms. The number of hydrogen-bond acceptors (Lipinski definition) is 10. The second kappa shape index (κ2) is 8.74. The van der Waals surface area contributed by atoms with Crippen LogP contribution in [0.5, 0.6) is 0 Å². The zero-order chi connectivity index (χ0) is 24.8. The number of nitrogens with two attached hydrogens (primary N) is 2. The number of imidazole rings is 1. The Morgan fingerprint density at radius 1 is 1.11 bits per heavy atom. The Labute approximate surface area is 200 Å². The van der Waals surface area contributed by atoms with Gasteiger partial charge in [-0.05, 0) is 35.9 Å². The number of nitrogens with zero attached hydrogens (tertiary/aromatic N) is 4. The minimum atomic E-state index is -4.59. The molecule has 1 fully saturated rings. The molecule has 1 aliphatic heterocycles. The summed E-state index contributed by atoms with van der Waals surface area (Å²) in [5.74, 6) is 0.379. The lowest BCUT2D eigenvalue weighted by Gasteiger charge is -2.18. The van der Waals surface area contributed by atoms with Crippen molar-refractivity contribution in [2.24, 2.45) is 10.9 Å². The summed E-state index contributed by atoms with van der Waals surface area (Å²) < 4.78 is 55.0. The van der Waals surface area contributed by atoms with Crippen LogP contribution in [0.4, 0.5) is 0 Å². The second-order valence-electron chi connectivity index (χ2n) is 8.00. The molecule has 4 aromatic rings. The number of hydrogen-bond donors (Lipinski definition) is 6. The van der Waals surface area contributed by atoms with Gasteiger partial charge in [0, 0.05) is 18.2 Å². The van der Waals surface area contributed by atoms with Crippen LogP contribution in [0, 0.1) is 0 Å². The van der Waals surface area contributed by atoms with Crippen molar-refractivity contribution in [3.05, 3.63) is 36.2 Å². The van der Waals surface area contributed by atoms with Crippen LogP contribution in [-0.2, 0) is 26.6 Å². The van der Waals surface area contributed by atoms with Gasteiger partial charge in [-0.1, -0.05) is 18.2 Å². The van der Waals surface area contributed by atoms with Crippen LogP contribution in [0.25, 0.3) is 33.5 Å². The van der Waals surface area contributed by atoms with Gasteiger partial charge < -0.3 is 16.0 Å². The summed E-state index contributed by atoms with van der Waals surface area (Å²) in [5.41, 5.74) is 7.58. The Bertz CT molecular complexity index is 1610. The van der Waals surface area contributed by atoms with E-state index in [9.17, 15) is 16.8 Å². The van der Waals surface area contributed by atoms with E-state index < -0.39 is 35.9 Å². The summed E-state index contributed by atoms with van der Waals surface area (Å²) in [6.07, 6.45) is 0.560. The molecule has 0 radical (unpaired) electrons. The number of benzene rings is 2. The highest BCUT2D eigenvalue weighted by molar-refractivity contribution is 7.92. The van der Waals surface area contributed by atoms with Crippen LogP contribution >= 0.6 is 0 Å². The van der Waals surface area contributed by atoms with Gasteiger partial charge in [0.25, 0.3) is 0 Å². The van der Waals surface area contributed by atoms with Crippen molar-refractivity contribution in [1.29, 1.82) is 0 Å². The predicted octanol–water partition coefficient (Wildman–Crippen LogP) is -0.844. The molecular formula is C19H22N10O4S2. The molecule has 2 aromatic carbocycles. The molecule has 35 heavy (non-hydrogen) atoms. The first-order valence-corrected chi connectivity index (χ1v) is 13.6. The molecular weight excluding hydrogens is 496 g/mol. The third kappa shape index (κ3) is 4.30. The fraction of sp³-hybridized carbons (Fsp3) is 0.263. The molecule has 16 heteroatoms. The Morgan fingerprint density at radius 3 is 2.60 bits per heavy atom. The van der Waals surface area contributed by atoms with E-state index in [1.54, 1.807) is 18.2 Å². The molecule has 1 saturated heterocycles. The summed E-state index contributed by atoms with van der Waals surface area (Å²) in [6.45, 7) is 1.22. The minimum absolute atomic E-state index is 0.113. The molecule has 2 aromatic heterocycles. The lowest BCUT2D eigenvalue weighted by molar-refractivity contribution is 0.555. The maximum atomic E-state index is 13.3. The van der Waals surface area contributed by atoms with Crippen molar-refractivity contribution < 1.29 is 16.8 Å².